The van der Waals surface area contributed by atoms with E-state index < -0.39 is 11.7 Å². The molecule has 2 aliphatic rings. The second-order valence-electron chi connectivity index (χ2n) is 5.35. The fraction of sp³-hybridized carbons (Fsp3) is 0.467. The summed E-state index contributed by atoms with van der Waals surface area (Å²) in [6.07, 6.45) is 2.20. The molecule has 1 heterocycles. The summed E-state index contributed by atoms with van der Waals surface area (Å²) in [7, 11) is 0. The Balaban J connectivity index is 1.76. The summed E-state index contributed by atoms with van der Waals surface area (Å²) in [6.45, 7) is 1.49. The number of nitrogens with zero attached hydrogens (tertiary/aromatic N) is 1. The van der Waals surface area contributed by atoms with Crippen LogP contribution in [0.2, 0.25) is 0 Å². The van der Waals surface area contributed by atoms with Gasteiger partial charge < -0.3 is 14.7 Å². The average Bonchev–Trinajstić information content (AvgIpc) is 3.31. The largest absolute Gasteiger partial charge is 0.508 e. The van der Waals surface area contributed by atoms with Gasteiger partial charge in [-0.1, -0.05) is 0 Å². The zero-order valence-corrected chi connectivity index (χ0v) is 11.1. The van der Waals surface area contributed by atoms with E-state index in [1.54, 1.807) is 4.90 Å². The van der Waals surface area contributed by atoms with Gasteiger partial charge in [-0.2, -0.15) is 0 Å². The Hall–Kier alpha value is -1.88. The van der Waals surface area contributed by atoms with Crippen molar-refractivity contribution in [3.8, 4) is 5.75 Å². The van der Waals surface area contributed by atoms with Crippen LogP contribution in [-0.4, -0.2) is 47.5 Å². The molecule has 0 unspecified atom stereocenters. The molecule has 1 saturated heterocycles. The van der Waals surface area contributed by atoms with Crippen LogP contribution in [-0.2, 0) is 9.53 Å². The topological polar surface area (TPSA) is 66.8 Å². The van der Waals surface area contributed by atoms with Crippen LogP contribution in [0.15, 0.2) is 24.3 Å². The van der Waals surface area contributed by atoms with Crippen molar-refractivity contribution in [1.29, 1.82) is 0 Å². The minimum absolute atomic E-state index is 0.0392. The van der Waals surface area contributed by atoms with Gasteiger partial charge in [0, 0.05) is 12.1 Å². The smallest absolute Gasteiger partial charge is 0.295 e. The van der Waals surface area contributed by atoms with Crippen LogP contribution >= 0.6 is 0 Å². The lowest BCUT2D eigenvalue weighted by molar-refractivity contribution is -0.135. The summed E-state index contributed by atoms with van der Waals surface area (Å²) in [5, 5.41) is 9.23. The fourth-order valence-electron chi connectivity index (χ4n) is 2.61. The van der Waals surface area contributed by atoms with Gasteiger partial charge in [0.05, 0.1) is 19.3 Å². The monoisotopic (exact) mass is 275 g/mol. The maximum Gasteiger partial charge on any atom is 0.295 e. The van der Waals surface area contributed by atoms with Gasteiger partial charge in [-0.05, 0) is 43.0 Å². The van der Waals surface area contributed by atoms with E-state index in [0.717, 1.165) is 12.8 Å². The van der Waals surface area contributed by atoms with E-state index >= 15 is 0 Å². The van der Waals surface area contributed by atoms with Crippen LogP contribution in [0.4, 0.5) is 0 Å². The molecule has 106 valence electrons. The second kappa shape index (κ2) is 5.25. The molecule has 1 aromatic rings. The molecule has 0 radical (unpaired) electrons. The Kier molecular flexibility index (Phi) is 3.44. The lowest BCUT2D eigenvalue weighted by Gasteiger charge is -2.35. The Labute approximate surface area is 117 Å². The molecular weight excluding hydrogens is 258 g/mol. The van der Waals surface area contributed by atoms with Gasteiger partial charge in [0.1, 0.15) is 5.75 Å². The van der Waals surface area contributed by atoms with Crippen LogP contribution in [0.25, 0.3) is 0 Å². The molecule has 5 heteroatoms. The highest BCUT2D eigenvalue weighted by molar-refractivity contribution is 6.42. The third-order valence-corrected chi connectivity index (χ3v) is 3.92. The highest BCUT2D eigenvalue weighted by Crippen LogP contribution is 2.36. The summed E-state index contributed by atoms with van der Waals surface area (Å²) in [4.78, 5) is 26.3. The standard InChI is InChI=1S/C15H17NO4/c17-12-5-3-11(4-6-12)14(18)15(19)16-7-8-20-9-13(16)10-1-2-10/h3-6,10,13,17H,1-2,7-9H2/t13-/m0/s1. The molecule has 1 N–H and O–H groups in total. The van der Waals surface area contributed by atoms with Crippen molar-refractivity contribution in [3.05, 3.63) is 29.8 Å². The predicted molar refractivity (Wildman–Crippen MR) is 71.5 cm³/mol. The number of ether oxygens (including phenoxy) is 1. The molecule has 20 heavy (non-hydrogen) atoms. The molecule has 1 atom stereocenters. The van der Waals surface area contributed by atoms with Crippen molar-refractivity contribution in [2.24, 2.45) is 5.92 Å². The number of hydrogen-bond acceptors (Lipinski definition) is 4. The summed E-state index contributed by atoms with van der Waals surface area (Å²) in [5.74, 6) is -0.420. The first-order chi connectivity index (χ1) is 9.66. The van der Waals surface area contributed by atoms with Crippen LogP contribution in [0.1, 0.15) is 23.2 Å². The molecule has 1 amide bonds. The van der Waals surface area contributed by atoms with Crippen LogP contribution in [0, 0.1) is 5.92 Å². The van der Waals surface area contributed by atoms with E-state index in [-0.39, 0.29) is 11.8 Å². The van der Waals surface area contributed by atoms with Crippen LogP contribution in [0.5, 0.6) is 5.75 Å². The second-order valence-corrected chi connectivity index (χ2v) is 5.35. The zero-order chi connectivity index (χ0) is 14.1. The highest BCUT2D eigenvalue weighted by Gasteiger charge is 2.40. The third kappa shape index (κ3) is 2.54. The summed E-state index contributed by atoms with van der Waals surface area (Å²) < 4.78 is 5.43. The number of phenols is 1. The minimum atomic E-state index is -0.516. The Morgan fingerprint density at radius 1 is 1.20 bits per heavy atom. The van der Waals surface area contributed by atoms with Gasteiger partial charge in [-0.15, -0.1) is 0 Å². The van der Waals surface area contributed by atoms with Crippen molar-refractivity contribution in [2.45, 2.75) is 18.9 Å². The van der Waals surface area contributed by atoms with Gasteiger partial charge in [-0.25, -0.2) is 0 Å². The number of rotatable bonds is 3. The van der Waals surface area contributed by atoms with Crippen LogP contribution in [0.3, 0.4) is 0 Å². The minimum Gasteiger partial charge on any atom is -0.508 e. The maximum absolute atomic E-state index is 12.4. The van der Waals surface area contributed by atoms with E-state index in [2.05, 4.69) is 0 Å². The summed E-state index contributed by atoms with van der Waals surface area (Å²) in [6, 6.07) is 5.82. The predicted octanol–water partition coefficient (Wildman–Crippen LogP) is 1.21. The average molecular weight is 275 g/mol. The number of amides is 1. The van der Waals surface area contributed by atoms with E-state index in [1.165, 1.54) is 24.3 Å². The van der Waals surface area contributed by atoms with E-state index in [1.807, 2.05) is 0 Å². The number of hydrogen-bond donors (Lipinski definition) is 1. The SMILES string of the molecule is O=C(C(=O)N1CCOC[C@H]1C1CC1)c1ccc(O)cc1. The number of carbonyl (C=O) groups excluding carboxylic acids is 2. The Morgan fingerprint density at radius 2 is 1.90 bits per heavy atom. The zero-order valence-electron chi connectivity index (χ0n) is 11.1. The van der Waals surface area contributed by atoms with E-state index in [4.69, 9.17) is 4.74 Å². The number of carbonyl (C=O) groups is 2. The quantitative estimate of drug-likeness (QED) is 0.665. The molecule has 1 aromatic carbocycles. The molecule has 1 aliphatic heterocycles. The first-order valence-electron chi connectivity index (χ1n) is 6.89. The number of benzene rings is 1. The first kappa shape index (κ1) is 13.1. The Bertz CT molecular complexity index is 521. The maximum atomic E-state index is 12.4. The lowest BCUT2D eigenvalue weighted by atomic mass is 10.1. The van der Waals surface area contributed by atoms with E-state index in [0.29, 0.717) is 31.2 Å². The highest BCUT2D eigenvalue weighted by atomic mass is 16.5. The van der Waals surface area contributed by atoms with Gasteiger partial charge >= 0.3 is 0 Å². The molecule has 1 aliphatic carbocycles. The number of phenolic OH excluding ortho intramolecular Hbond substituents is 1. The van der Waals surface area contributed by atoms with Crippen LogP contribution < -0.4 is 0 Å². The number of Topliss-reactive ketones (excluding diaryl/α,β-unsaturated/α-hetero) is 1. The van der Waals surface area contributed by atoms with Gasteiger partial charge in [0.15, 0.2) is 0 Å². The lowest BCUT2D eigenvalue weighted by Crippen LogP contribution is -2.52. The summed E-state index contributed by atoms with van der Waals surface area (Å²) >= 11 is 0. The molecule has 2 fully saturated rings. The Morgan fingerprint density at radius 3 is 2.55 bits per heavy atom. The fourth-order valence-corrected chi connectivity index (χ4v) is 2.61. The van der Waals surface area contributed by atoms with Crippen molar-refractivity contribution in [1.82, 2.24) is 4.90 Å². The van der Waals surface area contributed by atoms with Crippen molar-refractivity contribution in [2.75, 3.05) is 19.8 Å². The van der Waals surface area contributed by atoms with Gasteiger partial charge in [-0.3, -0.25) is 9.59 Å². The number of aromatic hydroxyl groups is 1. The van der Waals surface area contributed by atoms with Crippen molar-refractivity contribution >= 4 is 11.7 Å². The molecule has 5 nitrogen and oxygen atoms in total. The third-order valence-electron chi connectivity index (χ3n) is 3.92. The molecule has 0 bridgehead atoms. The molecule has 0 spiro atoms. The molecular formula is C15H17NO4. The molecule has 3 rings (SSSR count). The molecule has 1 saturated carbocycles. The van der Waals surface area contributed by atoms with Crippen molar-refractivity contribution in [3.63, 3.8) is 0 Å². The molecule has 0 aromatic heterocycles. The van der Waals surface area contributed by atoms with Gasteiger partial charge in [0.25, 0.3) is 5.91 Å². The normalized spacial score (nSPS) is 22.6. The van der Waals surface area contributed by atoms with Crippen molar-refractivity contribution < 1.29 is 19.4 Å². The number of morpholine rings is 1. The first-order valence-corrected chi connectivity index (χ1v) is 6.89. The summed E-state index contributed by atoms with van der Waals surface area (Å²) in [5.41, 5.74) is 0.314. The van der Waals surface area contributed by atoms with Gasteiger partial charge in [0.2, 0.25) is 5.78 Å². The number of ketones is 1. The van der Waals surface area contributed by atoms with E-state index in [9.17, 15) is 14.7 Å².